The van der Waals surface area contributed by atoms with Gasteiger partial charge in [0.2, 0.25) is 5.91 Å². The average molecular weight is 344 g/mol. The number of carbonyl (C=O) groups is 1. The van der Waals surface area contributed by atoms with Gasteiger partial charge in [0.1, 0.15) is 5.82 Å². The fraction of sp³-hybridized carbons (Fsp3) is 0.190. The van der Waals surface area contributed by atoms with E-state index in [1.165, 1.54) is 18.9 Å². The van der Waals surface area contributed by atoms with Gasteiger partial charge in [0.25, 0.3) is 0 Å². The molecule has 0 radical (unpaired) electrons. The molecule has 5 nitrogen and oxygen atoms in total. The standard InChI is InChI=1S/C21H20N4O/c1-15-20(17-8-9-17)24-25(18-5-3-2-4-6-18)21(15)23-19(26)10-7-16-11-13-22-14-12-16/h2-7,10-14,17H,8-9H2,1H3,(H,23,26). The van der Waals surface area contributed by atoms with Crippen LogP contribution in [0.3, 0.4) is 0 Å². The van der Waals surface area contributed by atoms with Gasteiger partial charge in [0.05, 0.1) is 11.4 Å². The zero-order valence-corrected chi connectivity index (χ0v) is 14.6. The predicted molar refractivity (Wildman–Crippen MR) is 102 cm³/mol. The van der Waals surface area contributed by atoms with Crippen molar-refractivity contribution in [1.29, 1.82) is 0 Å². The summed E-state index contributed by atoms with van der Waals surface area (Å²) in [5, 5.41) is 7.79. The van der Waals surface area contributed by atoms with Crippen molar-refractivity contribution >= 4 is 17.8 Å². The van der Waals surface area contributed by atoms with Gasteiger partial charge in [0.15, 0.2) is 0 Å². The molecule has 1 aliphatic rings. The summed E-state index contributed by atoms with van der Waals surface area (Å²) in [5.41, 5.74) is 4.00. The van der Waals surface area contributed by atoms with E-state index >= 15 is 0 Å². The molecule has 0 atom stereocenters. The molecule has 0 bridgehead atoms. The normalized spacial score (nSPS) is 13.9. The van der Waals surface area contributed by atoms with Gasteiger partial charge in [-0.2, -0.15) is 5.10 Å². The predicted octanol–water partition coefficient (Wildman–Crippen LogP) is 4.11. The summed E-state index contributed by atoms with van der Waals surface area (Å²) >= 11 is 0. The smallest absolute Gasteiger partial charge is 0.249 e. The molecule has 1 fully saturated rings. The number of aromatic nitrogens is 3. The molecule has 4 rings (SSSR count). The summed E-state index contributed by atoms with van der Waals surface area (Å²) < 4.78 is 1.83. The van der Waals surface area contributed by atoms with E-state index in [2.05, 4.69) is 10.3 Å². The van der Waals surface area contributed by atoms with Crippen molar-refractivity contribution in [2.75, 3.05) is 5.32 Å². The third-order valence-electron chi connectivity index (χ3n) is 4.50. The molecular weight excluding hydrogens is 324 g/mol. The Hall–Kier alpha value is -3.21. The minimum absolute atomic E-state index is 0.177. The Kier molecular flexibility index (Phi) is 4.35. The number of para-hydroxylation sites is 1. The topological polar surface area (TPSA) is 59.8 Å². The molecule has 0 spiro atoms. The van der Waals surface area contributed by atoms with Crippen molar-refractivity contribution in [2.45, 2.75) is 25.7 Å². The minimum atomic E-state index is -0.177. The van der Waals surface area contributed by atoms with Gasteiger partial charge in [-0.05, 0) is 55.7 Å². The fourth-order valence-electron chi connectivity index (χ4n) is 2.97. The second-order valence-electron chi connectivity index (χ2n) is 6.48. The van der Waals surface area contributed by atoms with Crippen LogP contribution < -0.4 is 5.32 Å². The van der Waals surface area contributed by atoms with E-state index in [1.54, 1.807) is 18.5 Å². The van der Waals surface area contributed by atoms with Gasteiger partial charge in [-0.3, -0.25) is 9.78 Å². The maximum Gasteiger partial charge on any atom is 0.249 e. The lowest BCUT2D eigenvalue weighted by molar-refractivity contribution is -0.111. The third kappa shape index (κ3) is 3.42. The molecule has 1 N–H and O–H groups in total. The molecule has 0 saturated heterocycles. The van der Waals surface area contributed by atoms with Crippen LogP contribution in [0.4, 0.5) is 5.82 Å². The zero-order valence-electron chi connectivity index (χ0n) is 14.6. The Balaban J connectivity index is 1.63. The highest BCUT2D eigenvalue weighted by molar-refractivity contribution is 6.02. The molecule has 2 heterocycles. The number of anilines is 1. The molecular formula is C21H20N4O. The first-order valence-corrected chi connectivity index (χ1v) is 8.76. The summed E-state index contributed by atoms with van der Waals surface area (Å²) in [6.45, 7) is 2.03. The van der Waals surface area contributed by atoms with Gasteiger partial charge in [-0.15, -0.1) is 0 Å². The van der Waals surface area contributed by atoms with Crippen molar-refractivity contribution in [3.63, 3.8) is 0 Å². The molecule has 5 heteroatoms. The first-order chi connectivity index (χ1) is 12.7. The van der Waals surface area contributed by atoms with Crippen molar-refractivity contribution in [3.05, 3.63) is 77.8 Å². The molecule has 130 valence electrons. The van der Waals surface area contributed by atoms with Crippen LogP contribution in [0.25, 0.3) is 11.8 Å². The minimum Gasteiger partial charge on any atom is -0.307 e. The van der Waals surface area contributed by atoms with Gasteiger partial charge in [-0.1, -0.05) is 18.2 Å². The molecule has 0 aliphatic heterocycles. The van der Waals surface area contributed by atoms with Crippen molar-refractivity contribution in [3.8, 4) is 5.69 Å². The van der Waals surface area contributed by atoms with Gasteiger partial charge in [-0.25, -0.2) is 4.68 Å². The summed E-state index contributed by atoms with van der Waals surface area (Å²) in [6.07, 6.45) is 9.05. The Morgan fingerprint density at radius 3 is 2.58 bits per heavy atom. The number of benzene rings is 1. The summed E-state index contributed by atoms with van der Waals surface area (Å²) in [4.78, 5) is 16.4. The highest BCUT2D eigenvalue weighted by atomic mass is 16.1. The van der Waals surface area contributed by atoms with Crippen molar-refractivity contribution in [2.24, 2.45) is 0 Å². The second kappa shape index (κ2) is 6.96. The number of hydrogen-bond acceptors (Lipinski definition) is 3. The van der Waals surface area contributed by atoms with Crippen LogP contribution in [-0.4, -0.2) is 20.7 Å². The molecule has 26 heavy (non-hydrogen) atoms. The van der Waals surface area contributed by atoms with E-state index in [9.17, 15) is 4.79 Å². The number of hydrogen-bond donors (Lipinski definition) is 1. The van der Waals surface area contributed by atoms with E-state index in [-0.39, 0.29) is 5.91 Å². The van der Waals surface area contributed by atoms with Crippen LogP contribution >= 0.6 is 0 Å². The molecule has 1 aliphatic carbocycles. The lowest BCUT2D eigenvalue weighted by Gasteiger charge is -2.08. The summed E-state index contributed by atoms with van der Waals surface area (Å²) in [6, 6.07) is 13.6. The summed E-state index contributed by atoms with van der Waals surface area (Å²) in [7, 11) is 0. The van der Waals surface area contributed by atoms with E-state index in [4.69, 9.17) is 5.10 Å². The van der Waals surface area contributed by atoms with Crippen molar-refractivity contribution in [1.82, 2.24) is 14.8 Å². The Morgan fingerprint density at radius 1 is 1.15 bits per heavy atom. The van der Waals surface area contributed by atoms with E-state index in [0.29, 0.717) is 5.92 Å². The van der Waals surface area contributed by atoms with Gasteiger partial charge < -0.3 is 5.32 Å². The molecule has 1 amide bonds. The molecule has 2 aromatic heterocycles. The van der Waals surface area contributed by atoms with E-state index in [1.807, 2.05) is 54.1 Å². The highest BCUT2D eigenvalue weighted by Crippen LogP contribution is 2.42. The van der Waals surface area contributed by atoms with Crippen LogP contribution in [-0.2, 0) is 4.79 Å². The van der Waals surface area contributed by atoms with Crippen LogP contribution in [0.1, 0.15) is 35.6 Å². The van der Waals surface area contributed by atoms with Gasteiger partial charge >= 0.3 is 0 Å². The number of carbonyl (C=O) groups excluding carboxylic acids is 1. The lowest BCUT2D eigenvalue weighted by Crippen LogP contribution is -2.13. The molecule has 1 aromatic carbocycles. The second-order valence-corrected chi connectivity index (χ2v) is 6.48. The zero-order chi connectivity index (χ0) is 17.9. The monoisotopic (exact) mass is 344 g/mol. The maximum atomic E-state index is 12.5. The van der Waals surface area contributed by atoms with Crippen LogP contribution in [0.15, 0.2) is 60.9 Å². The quantitative estimate of drug-likeness (QED) is 0.709. The summed E-state index contributed by atoms with van der Waals surface area (Å²) in [5.74, 6) is 1.08. The first-order valence-electron chi connectivity index (χ1n) is 8.76. The number of amides is 1. The average Bonchev–Trinajstić information content (AvgIpc) is 3.47. The molecule has 1 saturated carbocycles. The van der Waals surface area contributed by atoms with E-state index < -0.39 is 0 Å². The fourth-order valence-corrected chi connectivity index (χ4v) is 2.97. The number of pyridine rings is 1. The third-order valence-corrected chi connectivity index (χ3v) is 4.50. The van der Waals surface area contributed by atoms with Crippen LogP contribution in [0, 0.1) is 6.92 Å². The number of nitrogens with one attached hydrogen (secondary N) is 1. The van der Waals surface area contributed by atoms with Crippen LogP contribution in [0.5, 0.6) is 0 Å². The Morgan fingerprint density at radius 2 is 1.88 bits per heavy atom. The number of rotatable bonds is 5. The van der Waals surface area contributed by atoms with Crippen LogP contribution in [0.2, 0.25) is 0 Å². The molecule has 3 aromatic rings. The largest absolute Gasteiger partial charge is 0.307 e. The van der Waals surface area contributed by atoms with E-state index in [0.717, 1.165) is 28.3 Å². The number of nitrogens with zero attached hydrogens (tertiary/aromatic N) is 3. The Labute approximate surface area is 152 Å². The Bertz CT molecular complexity index is 941. The maximum absolute atomic E-state index is 12.5. The van der Waals surface area contributed by atoms with Gasteiger partial charge in [0, 0.05) is 30.0 Å². The first kappa shape index (κ1) is 16.3. The lowest BCUT2D eigenvalue weighted by atomic mass is 10.2. The van der Waals surface area contributed by atoms with Crippen molar-refractivity contribution < 1.29 is 4.79 Å². The highest BCUT2D eigenvalue weighted by Gasteiger charge is 2.30. The molecule has 0 unspecified atom stereocenters. The SMILES string of the molecule is Cc1c(C2CC2)nn(-c2ccccc2)c1NC(=O)C=Cc1ccncc1.